The van der Waals surface area contributed by atoms with Crippen LogP contribution < -0.4 is 5.32 Å². The number of alkyl halides is 1. The second kappa shape index (κ2) is 14.5. The number of ether oxygens (including phenoxy) is 2. The Balaban J connectivity index is 1.32. The van der Waals surface area contributed by atoms with E-state index in [1.165, 1.54) is 33.5 Å². The van der Waals surface area contributed by atoms with E-state index in [2.05, 4.69) is 15.5 Å². The van der Waals surface area contributed by atoms with Crippen LogP contribution in [0.4, 0.5) is 0 Å². The average molecular weight is 683 g/mol. The molecular weight excluding hydrogens is 652 g/mol. The molecule has 0 bridgehead atoms. The first-order valence-electron chi connectivity index (χ1n) is 14.2. The number of amides is 2. The molecule has 0 radical (unpaired) electrons. The maximum absolute atomic E-state index is 13.8. The first-order valence-corrected chi connectivity index (χ1v) is 16.7. The van der Waals surface area contributed by atoms with E-state index in [4.69, 9.17) is 25.9 Å². The molecule has 1 saturated heterocycles. The van der Waals surface area contributed by atoms with Crippen molar-refractivity contribution in [2.24, 2.45) is 5.16 Å². The third-order valence-corrected chi connectivity index (χ3v) is 9.02. The number of thioether (sulfide) groups is 1. The summed E-state index contributed by atoms with van der Waals surface area (Å²) < 4.78 is 11.3. The summed E-state index contributed by atoms with van der Waals surface area (Å²) in [6.45, 7) is 4.61. The lowest BCUT2D eigenvalue weighted by atomic mass is 10.0. The van der Waals surface area contributed by atoms with Gasteiger partial charge in [0.1, 0.15) is 28.4 Å². The van der Waals surface area contributed by atoms with Gasteiger partial charge in [0.2, 0.25) is 6.61 Å². The van der Waals surface area contributed by atoms with Gasteiger partial charge in [-0.1, -0.05) is 65.8 Å². The summed E-state index contributed by atoms with van der Waals surface area (Å²) in [6.07, 6.45) is -0.726. The highest BCUT2D eigenvalue weighted by Crippen LogP contribution is 2.42. The van der Waals surface area contributed by atoms with Crippen LogP contribution in [0.25, 0.3) is 0 Å². The fourth-order valence-electron chi connectivity index (χ4n) is 4.79. The van der Waals surface area contributed by atoms with E-state index < -0.39 is 53.5 Å². The number of fused-ring (bicyclic) bond motifs is 1. The molecule has 0 aliphatic carbocycles. The predicted molar refractivity (Wildman–Crippen MR) is 174 cm³/mol. The second-order valence-corrected chi connectivity index (χ2v) is 13.3. The van der Waals surface area contributed by atoms with Crippen LogP contribution in [0.15, 0.2) is 88.0 Å². The molecule has 2 atom stereocenters. The molecule has 11 nitrogen and oxygen atoms in total. The van der Waals surface area contributed by atoms with Gasteiger partial charge >= 0.3 is 11.9 Å². The minimum Gasteiger partial charge on any atom is -0.457 e. The average Bonchev–Trinajstić information content (AvgIpc) is 3.58. The van der Waals surface area contributed by atoms with Crippen LogP contribution in [-0.2, 0) is 33.5 Å². The Bertz CT molecular complexity index is 1600. The highest BCUT2D eigenvalue weighted by molar-refractivity contribution is 8.00. The van der Waals surface area contributed by atoms with Gasteiger partial charge in [-0.3, -0.25) is 14.5 Å². The Kier molecular flexibility index (Phi) is 10.4. The van der Waals surface area contributed by atoms with Gasteiger partial charge in [0, 0.05) is 17.0 Å². The molecule has 1 N–H and O–H groups in total. The molecule has 14 heteroatoms. The summed E-state index contributed by atoms with van der Waals surface area (Å²) in [7, 11) is 0. The van der Waals surface area contributed by atoms with Crippen molar-refractivity contribution in [1.82, 2.24) is 15.2 Å². The van der Waals surface area contributed by atoms with Crippen LogP contribution in [0.3, 0.4) is 0 Å². The number of nitrogens with one attached hydrogen (secondary N) is 1. The van der Waals surface area contributed by atoms with Crippen molar-refractivity contribution in [3.05, 3.63) is 99.6 Å². The summed E-state index contributed by atoms with van der Waals surface area (Å²) in [4.78, 5) is 63.4. The lowest BCUT2D eigenvalue weighted by molar-refractivity contribution is -0.160. The Morgan fingerprint density at radius 1 is 1.09 bits per heavy atom. The quantitative estimate of drug-likeness (QED) is 0.102. The normalized spacial score (nSPS) is 18.1. The number of β-lactam (4-membered cyclic amide) rings is 1. The van der Waals surface area contributed by atoms with E-state index in [0.717, 1.165) is 11.1 Å². The van der Waals surface area contributed by atoms with Crippen molar-refractivity contribution in [2.75, 3.05) is 18.2 Å². The molecule has 2 aromatic carbocycles. The van der Waals surface area contributed by atoms with Gasteiger partial charge in [-0.15, -0.1) is 34.7 Å². The van der Waals surface area contributed by atoms with Gasteiger partial charge in [0.05, 0.1) is 5.51 Å². The Morgan fingerprint density at radius 3 is 2.30 bits per heavy atom. The maximum Gasteiger partial charge on any atom is 0.356 e. The molecule has 240 valence electrons. The molecule has 3 aromatic rings. The molecule has 3 heterocycles. The zero-order chi connectivity index (χ0) is 32.8. The van der Waals surface area contributed by atoms with Crippen molar-refractivity contribution >= 4 is 64.2 Å². The zero-order valence-corrected chi connectivity index (χ0v) is 27.6. The van der Waals surface area contributed by atoms with E-state index >= 15 is 0 Å². The maximum atomic E-state index is 13.8. The molecule has 2 aliphatic heterocycles. The van der Waals surface area contributed by atoms with Crippen LogP contribution in [0.1, 0.15) is 43.7 Å². The highest BCUT2D eigenvalue weighted by Gasteiger charge is 2.55. The number of aromatic nitrogens is 1. The van der Waals surface area contributed by atoms with Crippen molar-refractivity contribution in [2.45, 2.75) is 43.9 Å². The molecule has 1 fully saturated rings. The largest absolute Gasteiger partial charge is 0.457 e. The molecule has 0 spiro atoms. The zero-order valence-electron chi connectivity index (χ0n) is 25.2. The first-order chi connectivity index (χ1) is 22.1. The number of oxime groups is 1. The van der Waals surface area contributed by atoms with Crippen molar-refractivity contribution in [3.8, 4) is 0 Å². The number of benzene rings is 2. The van der Waals surface area contributed by atoms with Crippen molar-refractivity contribution in [3.63, 3.8) is 0 Å². The molecule has 2 aliphatic rings. The van der Waals surface area contributed by atoms with Gasteiger partial charge in [-0.25, -0.2) is 14.6 Å². The number of rotatable bonds is 11. The number of thiazole rings is 1. The van der Waals surface area contributed by atoms with Gasteiger partial charge in [0.15, 0.2) is 11.8 Å². The molecule has 1 unspecified atom stereocenters. The van der Waals surface area contributed by atoms with Gasteiger partial charge in [-0.05, 0) is 37.5 Å². The highest BCUT2D eigenvalue weighted by atomic mass is 35.5. The lowest BCUT2D eigenvalue weighted by Gasteiger charge is -2.49. The Hall–Kier alpha value is -4.20. The summed E-state index contributed by atoms with van der Waals surface area (Å²) in [5.41, 5.74) is 2.91. The van der Waals surface area contributed by atoms with E-state index in [0.29, 0.717) is 11.3 Å². The van der Waals surface area contributed by atoms with E-state index in [1.54, 1.807) is 26.2 Å². The summed E-state index contributed by atoms with van der Waals surface area (Å²) in [5, 5.41) is 7.53. The topological polar surface area (TPSA) is 136 Å². The first kappa shape index (κ1) is 33.2. The minimum atomic E-state index is -0.981. The number of hydrogen-bond donors (Lipinski definition) is 1. The van der Waals surface area contributed by atoms with Crippen LogP contribution in [0.2, 0.25) is 0 Å². The number of halogens is 1. The molecule has 0 saturated carbocycles. The number of carbonyl (C=O) groups excluding carboxylic acids is 4. The minimum absolute atomic E-state index is 0.0158. The number of esters is 2. The third kappa shape index (κ3) is 7.60. The number of carbonyl (C=O) groups is 4. The van der Waals surface area contributed by atoms with Gasteiger partial charge in [-0.2, -0.15) is 0 Å². The van der Waals surface area contributed by atoms with Crippen molar-refractivity contribution in [1.29, 1.82) is 0 Å². The monoisotopic (exact) mass is 682 g/mol. The fraction of sp³-hybridized carbons (Fsp3) is 0.312. The van der Waals surface area contributed by atoms with E-state index in [-0.39, 0.29) is 23.0 Å². The number of nitrogens with zero attached hydrogens (tertiary/aromatic N) is 3. The second-order valence-electron chi connectivity index (χ2n) is 11.2. The molecule has 1 aromatic heterocycles. The SMILES string of the molecule is CC(C)(C)OC(=O)CON=C(C(=O)NC1C(=O)N2C(C(=O)OC(c3ccccc3)c3ccccc3)=C(CCl)CS[C@H]12)c1cscn1. The fourth-order valence-corrected chi connectivity index (χ4v) is 7.00. The van der Waals surface area contributed by atoms with Crippen LogP contribution in [0, 0.1) is 0 Å². The molecule has 2 amide bonds. The van der Waals surface area contributed by atoms with Crippen LogP contribution >= 0.6 is 34.7 Å². The molecular formula is C32H31ClN4O7S2. The summed E-state index contributed by atoms with van der Waals surface area (Å²) in [6, 6.07) is 17.6. The summed E-state index contributed by atoms with van der Waals surface area (Å²) in [5.74, 6) is -2.25. The van der Waals surface area contributed by atoms with Gasteiger partial charge < -0.3 is 19.6 Å². The smallest absolute Gasteiger partial charge is 0.356 e. The standard InChI is InChI=1S/C32H31ClN4O7S2/c1-32(2,3)44-23(38)15-42-36-24(22-17-45-18-34-22)28(39)35-25-29(40)37-26(21(14-33)16-46-30(25)37)31(41)43-27(19-10-6-4-7-11-19)20-12-8-5-9-13-20/h4-13,17-18,25,27,30H,14-16H2,1-3H3,(H,35,39)/t25?,30-/m1/s1. The van der Waals surface area contributed by atoms with E-state index in [1.807, 2.05) is 60.7 Å². The Labute approximate surface area is 278 Å². The predicted octanol–water partition coefficient (Wildman–Crippen LogP) is 4.43. The van der Waals surface area contributed by atoms with E-state index in [9.17, 15) is 19.2 Å². The summed E-state index contributed by atoms with van der Waals surface area (Å²) >= 11 is 8.84. The van der Waals surface area contributed by atoms with Crippen LogP contribution in [-0.4, -0.2) is 74.6 Å². The molecule has 46 heavy (non-hydrogen) atoms. The Morgan fingerprint density at radius 2 is 1.74 bits per heavy atom. The van der Waals surface area contributed by atoms with Crippen molar-refractivity contribution < 1.29 is 33.5 Å². The van der Waals surface area contributed by atoms with Gasteiger partial charge in [0.25, 0.3) is 11.8 Å². The third-order valence-electron chi connectivity index (χ3n) is 6.77. The van der Waals surface area contributed by atoms with Crippen LogP contribution in [0.5, 0.6) is 0 Å². The molecule has 5 rings (SSSR count). The number of hydrogen-bond acceptors (Lipinski definition) is 11. The lowest BCUT2D eigenvalue weighted by Crippen LogP contribution is -2.71.